The van der Waals surface area contributed by atoms with E-state index in [1.165, 1.54) is 64.7 Å². The summed E-state index contributed by atoms with van der Waals surface area (Å²) in [5.74, 6) is 0.900. The van der Waals surface area contributed by atoms with E-state index in [0.717, 1.165) is 12.0 Å². The van der Waals surface area contributed by atoms with Crippen molar-refractivity contribution in [2.75, 3.05) is 26.2 Å². The maximum Gasteiger partial charge on any atom is 0.0107 e. The molecule has 88 valence electrons. The van der Waals surface area contributed by atoms with Crippen molar-refractivity contribution >= 4 is 0 Å². The molecule has 2 fully saturated rings. The largest absolute Gasteiger partial charge is 0.316 e. The van der Waals surface area contributed by atoms with E-state index in [2.05, 4.69) is 17.1 Å². The smallest absolute Gasteiger partial charge is 0.0107 e. The van der Waals surface area contributed by atoms with Gasteiger partial charge in [0.15, 0.2) is 0 Å². The van der Waals surface area contributed by atoms with Crippen LogP contribution >= 0.6 is 0 Å². The molecular formula is C13H26N2. The highest BCUT2D eigenvalue weighted by Gasteiger charge is 2.25. The van der Waals surface area contributed by atoms with Crippen LogP contribution in [0.3, 0.4) is 0 Å². The fraction of sp³-hybridized carbons (Fsp3) is 1.00. The third kappa shape index (κ3) is 3.18. The second-order valence-electron chi connectivity index (χ2n) is 5.30. The second-order valence-corrected chi connectivity index (χ2v) is 5.30. The minimum atomic E-state index is 0.802. The molecule has 2 saturated heterocycles. The van der Waals surface area contributed by atoms with Gasteiger partial charge in [-0.25, -0.2) is 0 Å². The molecule has 0 aromatic heterocycles. The maximum absolute atomic E-state index is 3.54. The van der Waals surface area contributed by atoms with Crippen LogP contribution in [0.1, 0.15) is 45.4 Å². The molecule has 2 heterocycles. The van der Waals surface area contributed by atoms with Crippen LogP contribution in [0.4, 0.5) is 0 Å². The van der Waals surface area contributed by atoms with Gasteiger partial charge in [0.25, 0.3) is 0 Å². The Labute approximate surface area is 94.4 Å². The average Bonchev–Trinajstić information content (AvgIpc) is 2.58. The monoisotopic (exact) mass is 210 g/mol. The summed E-state index contributed by atoms with van der Waals surface area (Å²) >= 11 is 0. The highest BCUT2D eigenvalue weighted by atomic mass is 15.2. The molecule has 0 aromatic rings. The zero-order chi connectivity index (χ0) is 10.5. The highest BCUT2D eigenvalue weighted by Crippen LogP contribution is 2.21. The first kappa shape index (κ1) is 11.4. The molecule has 0 aromatic carbocycles. The molecular weight excluding hydrogens is 184 g/mol. The number of hydrogen-bond donors (Lipinski definition) is 1. The standard InChI is InChI=1S/C13H26N2/c1-12(13-7-6-8-14-11-13)15-9-4-2-3-5-10-15/h12-14H,2-11H2,1H3. The minimum absolute atomic E-state index is 0.802. The molecule has 0 aliphatic carbocycles. The number of hydrogen-bond acceptors (Lipinski definition) is 2. The Bertz CT molecular complexity index is 167. The van der Waals surface area contributed by atoms with Crippen LogP contribution in [0.5, 0.6) is 0 Å². The Morgan fingerprint density at radius 3 is 2.40 bits per heavy atom. The van der Waals surface area contributed by atoms with Crippen LogP contribution in [0.25, 0.3) is 0 Å². The van der Waals surface area contributed by atoms with E-state index in [1.807, 2.05) is 0 Å². The molecule has 0 bridgehead atoms. The highest BCUT2D eigenvalue weighted by molar-refractivity contribution is 4.81. The molecule has 2 rings (SSSR count). The summed E-state index contributed by atoms with van der Waals surface area (Å²) in [5, 5.41) is 3.54. The van der Waals surface area contributed by atoms with Gasteiger partial charge in [-0.3, -0.25) is 0 Å². The van der Waals surface area contributed by atoms with Crippen molar-refractivity contribution in [1.82, 2.24) is 10.2 Å². The predicted molar refractivity (Wildman–Crippen MR) is 65.1 cm³/mol. The topological polar surface area (TPSA) is 15.3 Å². The van der Waals surface area contributed by atoms with Gasteiger partial charge in [-0.2, -0.15) is 0 Å². The third-order valence-corrected chi connectivity index (χ3v) is 4.23. The Morgan fingerprint density at radius 2 is 1.80 bits per heavy atom. The summed E-state index contributed by atoms with van der Waals surface area (Å²) in [6, 6.07) is 0.802. The summed E-state index contributed by atoms with van der Waals surface area (Å²) in [5.41, 5.74) is 0. The van der Waals surface area contributed by atoms with Crippen molar-refractivity contribution in [3.8, 4) is 0 Å². The summed E-state index contributed by atoms with van der Waals surface area (Å²) < 4.78 is 0. The first-order valence-electron chi connectivity index (χ1n) is 6.82. The Balaban J connectivity index is 1.83. The molecule has 2 aliphatic heterocycles. The van der Waals surface area contributed by atoms with Gasteiger partial charge in [0.05, 0.1) is 0 Å². The second kappa shape index (κ2) is 5.86. The molecule has 2 atom stereocenters. The van der Waals surface area contributed by atoms with Gasteiger partial charge in [0.2, 0.25) is 0 Å². The molecule has 2 aliphatic rings. The van der Waals surface area contributed by atoms with Crippen LogP contribution in [0.15, 0.2) is 0 Å². The van der Waals surface area contributed by atoms with Crippen molar-refractivity contribution in [2.24, 2.45) is 5.92 Å². The number of piperidine rings is 1. The normalized spacial score (nSPS) is 32.2. The average molecular weight is 210 g/mol. The SMILES string of the molecule is CC(C1CCCNC1)N1CCCCCC1. The number of rotatable bonds is 2. The molecule has 2 nitrogen and oxygen atoms in total. The molecule has 1 N–H and O–H groups in total. The fourth-order valence-corrected chi connectivity index (χ4v) is 3.09. The first-order chi connectivity index (χ1) is 7.38. The molecule has 2 unspecified atom stereocenters. The summed E-state index contributed by atoms with van der Waals surface area (Å²) in [6.45, 7) is 7.62. The Morgan fingerprint density at radius 1 is 1.07 bits per heavy atom. The molecule has 0 amide bonds. The van der Waals surface area contributed by atoms with Gasteiger partial charge in [-0.05, 0) is 64.7 Å². The van der Waals surface area contributed by atoms with Gasteiger partial charge >= 0.3 is 0 Å². The Hall–Kier alpha value is -0.0800. The molecule has 0 radical (unpaired) electrons. The third-order valence-electron chi connectivity index (χ3n) is 4.23. The van der Waals surface area contributed by atoms with Gasteiger partial charge in [-0.15, -0.1) is 0 Å². The van der Waals surface area contributed by atoms with E-state index < -0.39 is 0 Å². The zero-order valence-electron chi connectivity index (χ0n) is 10.2. The van der Waals surface area contributed by atoms with Gasteiger partial charge in [-0.1, -0.05) is 12.8 Å². The lowest BCUT2D eigenvalue weighted by Gasteiger charge is -2.36. The lowest BCUT2D eigenvalue weighted by atomic mass is 9.91. The Kier molecular flexibility index (Phi) is 4.45. The molecule has 0 saturated carbocycles. The predicted octanol–water partition coefficient (Wildman–Crippen LogP) is 2.25. The van der Waals surface area contributed by atoms with Gasteiger partial charge in [0.1, 0.15) is 0 Å². The zero-order valence-corrected chi connectivity index (χ0v) is 10.2. The van der Waals surface area contributed by atoms with Crippen LogP contribution in [-0.2, 0) is 0 Å². The van der Waals surface area contributed by atoms with Crippen molar-refractivity contribution in [3.05, 3.63) is 0 Å². The van der Waals surface area contributed by atoms with E-state index >= 15 is 0 Å². The van der Waals surface area contributed by atoms with Crippen molar-refractivity contribution in [2.45, 2.75) is 51.5 Å². The van der Waals surface area contributed by atoms with Crippen molar-refractivity contribution < 1.29 is 0 Å². The molecule has 0 spiro atoms. The van der Waals surface area contributed by atoms with Crippen molar-refractivity contribution in [1.29, 1.82) is 0 Å². The lowest BCUT2D eigenvalue weighted by Crippen LogP contribution is -2.45. The number of nitrogens with zero attached hydrogens (tertiary/aromatic N) is 1. The quantitative estimate of drug-likeness (QED) is 0.752. The van der Waals surface area contributed by atoms with Crippen LogP contribution in [-0.4, -0.2) is 37.1 Å². The van der Waals surface area contributed by atoms with E-state index in [9.17, 15) is 0 Å². The van der Waals surface area contributed by atoms with E-state index in [-0.39, 0.29) is 0 Å². The van der Waals surface area contributed by atoms with Gasteiger partial charge in [0, 0.05) is 6.04 Å². The van der Waals surface area contributed by atoms with Crippen molar-refractivity contribution in [3.63, 3.8) is 0 Å². The fourth-order valence-electron chi connectivity index (χ4n) is 3.09. The maximum atomic E-state index is 3.54. The van der Waals surface area contributed by atoms with Crippen LogP contribution in [0, 0.1) is 5.92 Å². The minimum Gasteiger partial charge on any atom is -0.316 e. The summed E-state index contributed by atoms with van der Waals surface area (Å²) in [6.07, 6.45) is 8.56. The first-order valence-corrected chi connectivity index (χ1v) is 6.82. The van der Waals surface area contributed by atoms with Crippen LogP contribution < -0.4 is 5.32 Å². The van der Waals surface area contributed by atoms with E-state index in [1.54, 1.807) is 0 Å². The summed E-state index contributed by atoms with van der Waals surface area (Å²) in [7, 11) is 0. The summed E-state index contributed by atoms with van der Waals surface area (Å²) in [4.78, 5) is 2.74. The number of nitrogens with one attached hydrogen (secondary N) is 1. The molecule has 2 heteroatoms. The molecule has 15 heavy (non-hydrogen) atoms. The van der Waals surface area contributed by atoms with E-state index in [4.69, 9.17) is 0 Å². The number of likely N-dealkylation sites (tertiary alicyclic amines) is 1. The van der Waals surface area contributed by atoms with Crippen LogP contribution in [0.2, 0.25) is 0 Å². The van der Waals surface area contributed by atoms with Gasteiger partial charge < -0.3 is 10.2 Å². The van der Waals surface area contributed by atoms with E-state index in [0.29, 0.717) is 0 Å². The lowest BCUT2D eigenvalue weighted by molar-refractivity contribution is 0.141.